The molecule has 0 aromatic heterocycles. The lowest BCUT2D eigenvalue weighted by molar-refractivity contribution is -0.195. The fourth-order valence-electron chi connectivity index (χ4n) is 2.28. The Labute approximate surface area is 143 Å². The molecule has 140 valence electrons. The zero-order valence-corrected chi connectivity index (χ0v) is 13.8. The van der Waals surface area contributed by atoms with Crippen LogP contribution in [0.25, 0.3) is 0 Å². The topological polar surface area (TPSA) is 107 Å². The summed E-state index contributed by atoms with van der Waals surface area (Å²) in [5.74, 6) is -2.36. The Morgan fingerprint density at radius 2 is 1.80 bits per heavy atom. The van der Waals surface area contributed by atoms with Crippen molar-refractivity contribution in [3.8, 4) is 0 Å². The molecule has 25 heavy (non-hydrogen) atoms. The summed E-state index contributed by atoms with van der Waals surface area (Å²) in [6.07, 6.45) is -3.98. The minimum absolute atomic E-state index is 0.0956. The number of hydrogen-bond acceptors (Lipinski definition) is 5. The molecule has 6 nitrogen and oxygen atoms in total. The third-order valence-corrected chi connectivity index (χ3v) is 3.77. The van der Waals surface area contributed by atoms with Crippen LogP contribution in [0.2, 0.25) is 0 Å². The summed E-state index contributed by atoms with van der Waals surface area (Å²) in [7, 11) is 1.08. The van der Waals surface area contributed by atoms with Gasteiger partial charge in [-0.1, -0.05) is 30.3 Å². The number of benzene rings is 1. The number of ether oxygens (including phenoxy) is 1. The summed E-state index contributed by atoms with van der Waals surface area (Å²) in [5.41, 5.74) is 7.12. The predicted octanol–water partition coefficient (Wildman–Crippen LogP) is 1.19. The van der Waals surface area contributed by atoms with E-state index < -0.39 is 35.2 Å². The number of nitrogens with two attached hydrogens (primary N) is 2. The maximum absolute atomic E-state index is 13.6. The number of alkyl halides is 3. The minimum Gasteiger partial charge on any atom is -0.467 e. The van der Waals surface area contributed by atoms with E-state index in [1.54, 1.807) is 0 Å². The highest BCUT2D eigenvalue weighted by Crippen LogP contribution is 2.37. The molecule has 9 heteroatoms. The normalized spacial score (nSPS) is 15.1. The third kappa shape index (κ3) is 4.93. The lowest BCUT2D eigenvalue weighted by atomic mass is 9.88. The molecule has 0 aliphatic rings. The van der Waals surface area contributed by atoms with Crippen LogP contribution in [-0.2, 0) is 19.9 Å². The number of methoxy groups -OCH3 is 1. The van der Waals surface area contributed by atoms with Gasteiger partial charge in [-0.25, -0.2) is 4.79 Å². The molecule has 0 bridgehead atoms. The van der Waals surface area contributed by atoms with Crippen molar-refractivity contribution in [2.45, 2.75) is 37.0 Å². The van der Waals surface area contributed by atoms with Crippen LogP contribution < -0.4 is 16.8 Å². The van der Waals surface area contributed by atoms with Crippen LogP contribution in [0.1, 0.15) is 24.8 Å². The van der Waals surface area contributed by atoms with Crippen LogP contribution in [0.15, 0.2) is 30.3 Å². The Morgan fingerprint density at radius 3 is 2.28 bits per heavy atom. The highest BCUT2D eigenvalue weighted by Gasteiger charge is 2.59. The van der Waals surface area contributed by atoms with Crippen LogP contribution >= 0.6 is 0 Å². The van der Waals surface area contributed by atoms with E-state index in [1.807, 2.05) is 0 Å². The molecule has 1 rings (SSSR count). The molecule has 0 heterocycles. The van der Waals surface area contributed by atoms with Crippen LogP contribution in [0, 0.1) is 0 Å². The van der Waals surface area contributed by atoms with Crippen LogP contribution in [0.4, 0.5) is 13.2 Å². The highest BCUT2D eigenvalue weighted by atomic mass is 19.4. The lowest BCUT2D eigenvalue weighted by Gasteiger charge is -2.32. The fraction of sp³-hybridized carbons (Fsp3) is 0.500. The molecule has 0 fully saturated rings. The van der Waals surface area contributed by atoms with Gasteiger partial charge in [-0.05, 0) is 31.4 Å². The summed E-state index contributed by atoms with van der Waals surface area (Å²) in [4.78, 5) is 24.2. The van der Waals surface area contributed by atoms with Crippen LogP contribution in [0.5, 0.6) is 0 Å². The van der Waals surface area contributed by atoms with Crippen molar-refractivity contribution in [2.75, 3.05) is 13.7 Å². The second-order valence-corrected chi connectivity index (χ2v) is 5.51. The van der Waals surface area contributed by atoms with Crippen LogP contribution in [0.3, 0.4) is 0 Å². The number of esters is 1. The number of unbranched alkanes of at least 4 members (excludes halogenated alkanes) is 1. The third-order valence-electron chi connectivity index (χ3n) is 3.77. The molecule has 0 aliphatic heterocycles. The molecule has 1 aromatic rings. The van der Waals surface area contributed by atoms with Gasteiger partial charge >= 0.3 is 12.1 Å². The van der Waals surface area contributed by atoms with E-state index in [1.165, 1.54) is 18.2 Å². The minimum atomic E-state index is -5.06. The highest BCUT2D eigenvalue weighted by molar-refractivity contribution is 5.92. The van der Waals surface area contributed by atoms with E-state index >= 15 is 0 Å². The largest absolute Gasteiger partial charge is 0.467 e. The summed E-state index contributed by atoms with van der Waals surface area (Å²) in [6.45, 7) is 0.356. The molecular weight excluding hydrogens is 339 g/mol. The van der Waals surface area contributed by atoms with Crippen molar-refractivity contribution >= 4 is 11.9 Å². The summed E-state index contributed by atoms with van der Waals surface area (Å²) in [6, 6.07) is 5.16. The van der Waals surface area contributed by atoms with Crippen molar-refractivity contribution in [1.29, 1.82) is 0 Å². The van der Waals surface area contributed by atoms with Crippen LogP contribution in [-0.4, -0.2) is 37.7 Å². The first-order valence-corrected chi connectivity index (χ1v) is 7.68. The number of amides is 1. The van der Waals surface area contributed by atoms with E-state index in [0.29, 0.717) is 19.4 Å². The predicted molar refractivity (Wildman–Crippen MR) is 85.2 cm³/mol. The van der Waals surface area contributed by atoms with Crippen molar-refractivity contribution in [1.82, 2.24) is 5.32 Å². The quantitative estimate of drug-likeness (QED) is 0.476. The van der Waals surface area contributed by atoms with Crippen molar-refractivity contribution in [3.05, 3.63) is 35.9 Å². The Morgan fingerprint density at radius 1 is 1.20 bits per heavy atom. The van der Waals surface area contributed by atoms with E-state index in [-0.39, 0.29) is 6.42 Å². The number of halogens is 3. The Kier molecular flexibility index (Phi) is 7.38. The second kappa shape index (κ2) is 8.82. The maximum atomic E-state index is 13.6. The van der Waals surface area contributed by atoms with Gasteiger partial charge in [-0.15, -0.1) is 0 Å². The summed E-state index contributed by atoms with van der Waals surface area (Å²) < 4.78 is 45.2. The number of carbonyl (C=O) groups is 2. The van der Waals surface area contributed by atoms with E-state index in [9.17, 15) is 22.8 Å². The zero-order chi connectivity index (χ0) is 19.1. The maximum Gasteiger partial charge on any atom is 0.419 e. The molecule has 0 saturated heterocycles. The fourth-order valence-corrected chi connectivity index (χ4v) is 2.28. The molecule has 5 N–H and O–H groups in total. The number of nitrogens with one attached hydrogen (secondary N) is 1. The molecule has 2 atom stereocenters. The standard InChI is InChI=1S/C16H22F3N3O3/c1-25-13(23)12(9-5-6-10-20)22-14(24)15(21,16(17,18)19)11-7-3-2-4-8-11/h2-4,7-8,12H,5-6,9-10,20-21H2,1H3,(H,22,24)/t12-,15+/m0/s1. The Bertz CT molecular complexity index is 581. The van der Waals surface area contributed by atoms with E-state index in [4.69, 9.17) is 11.5 Å². The average Bonchev–Trinajstić information content (AvgIpc) is 2.59. The Balaban J connectivity index is 3.10. The number of rotatable bonds is 8. The van der Waals surface area contributed by atoms with Gasteiger partial charge in [0.2, 0.25) is 5.54 Å². The van der Waals surface area contributed by atoms with Gasteiger partial charge < -0.3 is 21.5 Å². The summed E-state index contributed by atoms with van der Waals surface area (Å²) >= 11 is 0. The van der Waals surface area contributed by atoms with Gasteiger partial charge in [0.1, 0.15) is 6.04 Å². The first kappa shape index (κ1) is 20.9. The average molecular weight is 361 g/mol. The first-order valence-electron chi connectivity index (χ1n) is 7.68. The van der Waals surface area contributed by atoms with Crippen molar-refractivity contribution in [2.24, 2.45) is 11.5 Å². The molecule has 0 saturated carbocycles. The molecule has 1 amide bonds. The van der Waals surface area contributed by atoms with Gasteiger partial charge in [0.25, 0.3) is 5.91 Å². The van der Waals surface area contributed by atoms with Gasteiger partial charge in [-0.2, -0.15) is 13.2 Å². The lowest BCUT2D eigenvalue weighted by Crippen LogP contribution is -2.62. The van der Waals surface area contributed by atoms with Crippen molar-refractivity contribution in [3.63, 3.8) is 0 Å². The SMILES string of the molecule is COC(=O)[C@H](CCCCN)NC(=O)[C@](N)(c1ccccc1)C(F)(F)F. The number of carbonyl (C=O) groups excluding carboxylic acids is 2. The molecule has 0 unspecified atom stereocenters. The molecule has 0 radical (unpaired) electrons. The van der Waals surface area contributed by atoms with Gasteiger partial charge in [0.05, 0.1) is 7.11 Å². The zero-order valence-electron chi connectivity index (χ0n) is 13.8. The Hall–Kier alpha value is -2.13. The van der Waals surface area contributed by atoms with E-state index in [0.717, 1.165) is 19.2 Å². The van der Waals surface area contributed by atoms with Gasteiger partial charge in [0, 0.05) is 0 Å². The molecule has 0 aliphatic carbocycles. The first-order chi connectivity index (χ1) is 11.7. The van der Waals surface area contributed by atoms with Crippen molar-refractivity contribution < 1.29 is 27.5 Å². The second-order valence-electron chi connectivity index (χ2n) is 5.51. The summed E-state index contributed by atoms with van der Waals surface area (Å²) in [5, 5.41) is 2.07. The molecule has 1 aromatic carbocycles. The van der Waals surface area contributed by atoms with E-state index in [2.05, 4.69) is 10.1 Å². The number of hydrogen-bond donors (Lipinski definition) is 3. The molecular formula is C16H22F3N3O3. The smallest absolute Gasteiger partial charge is 0.419 e. The van der Waals surface area contributed by atoms with Gasteiger partial charge in [-0.3, -0.25) is 4.79 Å². The monoisotopic (exact) mass is 361 g/mol. The van der Waals surface area contributed by atoms with Gasteiger partial charge in [0.15, 0.2) is 0 Å². The molecule has 0 spiro atoms.